The number of piperidine rings is 1. The van der Waals surface area contributed by atoms with E-state index in [2.05, 4.69) is 86.0 Å². The highest BCUT2D eigenvalue weighted by Crippen LogP contribution is 2.45. The summed E-state index contributed by atoms with van der Waals surface area (Å²) >= 11 is 0. The molecule has 1 atom stereocenters. The molecule has 0 amide bonds. The number of benzene rings is 2. The van der Waals surface area contributed by atoms with E-state index in [1.165, 1.54) is 62.0 Å². The Labute approximate surface area is 166 Å². The Morgan fingerprint density at radius 2 is 1.63 bits per heavy atom. The van der Waals surface area contributed by atoms with E-state index in [1.54, 1.807) is 0 Å². The van der Waals surface area contributed by atoms with Crippen LogP contribution >= 0.6 is 0 Å². The molecule has 0 saturated carbocycles. The first kappa shape index (κ1) is 19.9. The largest absolute Gasteiger partial charge is 0.303 e. The Morgan fingerprint density at radius 3 is 2.26 bits per heavy atom. The van der Waals surface area contributed by atoms with Gasteiger partial charge in [0.2, 0.25) is 0 Å². The smallest absolute Gasteiger partial charge is 0.00102 e. The van der Waals surface area contributed by atoms with Crippen LogP contribution in [-0.4, -0.2) is 24.5 Å². The summed E-state index contributed by atoms with van der Waals surface area (Å²) in [7, 11) is 0. The molecule has 0 aromatic heterocycles. The van der Waals surface area contributed by atoms with E-state index in [1.807, 2.05) is 0 Å². The minimum absolute atomic E-state index is 0.243. The van der Waals surface area contributed by atoms with E-state index in [4.69, 9.17) is 0 Å². The van der Waals surface area contributed by atoms with Gasteiger partial charge < -0.3 is 4.90 Å². The van der Waals surface area contributed by atoms with Crippen molar-refractivity contribution in [2.45, 2.75) is 51.9 Å². The molecule has 1 heteroatoms. The van der Waals surface area contributed by atoms with Crippen molar-refractivity contribution < 1.29 is 0 Å². The first-order valence-electron chi connectivity index (χ1n) is 10.7. The summed E-state index contributed by atoms with van der Waals surface area (Å²) in [6.45, 7) is 12.5. The summed E-state index contributed by atoms with van der Waals surface area (Å²) in [4.78, 5) is 2.66. The van der Waals surface area contributed by atoms with E-state index in [0.717, 1.165) is 6.42 Å². The van der Waals surface area contributed by atoms with E-state index in [0.29, 0.717) is 5.92 Å². The minimum atomic E-state index is 0.243. The number of allylic oxidation sites excluding steroid dienone is 1. The Morgan fingerprint density at radius 1 is 1.00 bits per heavy atom. The lowest BCUT2D eigenvalue weighted by Crippen LogP contribution is -2.42. The number of rotatable bonds is 8. The van der Waals surface area contributed by atoms with Gasteiger partial charge in [0.1, 0.15) is 0 Å². The average molecular weight is 362 g/mol. The van der Waals surface area contributed by atoms with Crippen LogP contribution in [0, 0.1) is 5.41 Å². The van der Waals surface area contributed by atoms with Crippen LogP contribution in [0.5, 0.6) is 0 Å². The molecule has 1 aliphatic heterocycles. The van der Waals surface area contributed by atoms with Crippen molar-refractivity contribution in [3.8, 4) is 0 Å². The van der Waals surface area contributed by atoms with Crippen LogP contribution in [0.1, 0.15) is 55.7 Å². The molecule has 144 valence electrons. The highest BCUT2D eigenvalue weighted by atomic mass is 15.1. The predicted molar refractivity (Wildman–Crippen MR) is 117 cm³/mol. The van der Waals surface area contributed by atoms with Crippen molar-refractivity contribution in [3.63, 3.8) is 0 Å². The molecule has 2 aromatic carbocycles. The Bertz CT molecular complexity index is 710. The maximum absolute atomic E-state index is 4.23. The normalized spacial score (nSPS) is 18.1. The molecule has 0 radical (unpaired) electrons. The fourth-order valence-corrected chi connectivity index (χ4v) is 4.72. The van der Waals surface area contributed by atoms with E-state index in [9.17, 15) is 0 Å². The van der Waals surface area contributed by atoms with Gasteiger partial charge in [-0.1, -0.05) is 74.5 Å². The Kier molecular flexibility index (Phi) is 6.90. The van der Waals surface area contributed by atoms with Gasteiger partial charge in [0.25, 0.3) is 0 Å². The molecule has 0 bridgehead atoms. The van der Waals surface area contributed by atoms with Gasteiger partial charge in [-0.15, -0.1) is 6.58 Å². The Balaban J connectivity index is 1.52. The summed E-state index contributed by atoms with van der Waals surface area (Å²) in [6, 6.07) is 19.9. The minimum Gasteiger partial charge on any atom is -0.303 e. The third-order valence-electron chi connectivity index (χ3n) is 6.78. The molecule has 1 saturated heterocycles. The average Bonchev–Trinajstić information content (AvgIpc) is 2.75. The first-order valence-corrected chi connectivity index (χ1v) is 10.7. The summed E-state index contributed by atoms with van der Waals surface area (Å²) in [6.07, 6.45) is 8.29. The molecular formula is C26H35N. The lowest BCUT2D eigenvalue weighted by molar-refractivity contribution is 0.121. The van der Waals surface area contributed by atoms with Gasteiger partial charge >= 0.3 is 0 Å². The van der Waals surface area contributed by atoms with E-state index < -0.39 is 0 Å². The standard InChI is InChI=1S/C26H35N/c1-4-23-12-9-10-15-25(23)16-11-19-27-20-17-26(5-2,18-21-27)22(3)24-13-7-6-8-14-24/h5-10,12-15,22H,2,4,11,16-21H2,1,3H3. The monoisotopic (exact) mass is 361 g/mol. The van der Waals surface area contributed by atoms with Gasteiger partial charge in [0.15, 0.2) is 0 Å². The van der Waals surface area contributed by atoms with Crippen molar-refractivity contribution in [1.29, 1.82) is 0 Å². The van der Waals surface area contributed by atoms with Gasteiger partial charge in [-0.05, 0) is 79.8 Å². The van der Waals surface area contributed by atoms with E-state index in [-0.39, 0.29) is 5.41 Å². The predicted octanol–water partition coefficient (Wildman–Crippen LogP) is 6.25. The summed E-state index contributed by atoms with van der Waals surface area (Å²) < 4.78 is 0. The van der Waals surface area contributed by atoms with Crippen molar-refractivity contribution in [3.05, 3.63) is 83.9 Å². The van der Waals surface area contributed by atoms with Gasteiger partial charge in [-0.25, -0.2) is 0 Å². The highest BCUT2D eigenvalue weighted by molar-refractivity contribution is 5.27. The maximum atomic E-state index is 4.23. The quantitative estimate of drug-likeness (QED) is 0.502. The molecule has 1 heterocycles. The molecule has 1 fully saturated rings. The number of hydrogen-bond acceptors (Lipinski definition) is 1. The van der Waals surface area contributed by atoms with Crippen LogP contribution in [0.4, 0.5) is 0 Å². The molecular weight excluding hydrogens is 326 g/mol. The zero-order chi connectivity index (χ0) is 19.1. The number of nitrogens with zero attached hydrogens (tertiary/aromatic N) is 1. The van der Waals surface area contributed by atoms with Gasteiger partial charge in [0, 0.05) is 0 Å². The second-order valence-corrected chi connectivity index (χ2v) is 8.14. The summed E-state index contributed by atoms with van der Waals surface area (Å²) in [5, 5.41) is 0. The van der Waals surface area contributed by atoms with Crippen LogP contribution in [0.25, 0.3) is 0 Å². The fourth-order valence-electron chi connectivity index (χ4n) is 4.72. The lowest BCUT2D eigenvalue weighted by atomic mass is 9.67. The zero-order valence-electron chi connectivity index (χ0n) is 17.2. The SMILES string of the molecule is C=CC1(C(C)c2ccccc2)CCN(CCCc2ccccc2CC)CC1. The number of hydrogen-bond donors (Lipinski definition) is 0. The second-order valence-electron chi connectivity index (χ2n) is 8.14. The van der Waals surface area contributed by atoms with Gasteiger partial charge in [0.05, 0.1) is 0 Å². The maximum Gasteiger partial charge on any atom is -0.00102 e. The Hall–Kier alpha value is -1.86. The summed E-state index contributed by atoms with van der Waals surface area (Å²) in [5.41, 5.74) is 4.74. The van der Waals surface area contributed by atoms with Crippen molar-refractivity contribution in [1.82, 2.24) is 4.90 Å². The molecule has 0 N–H and O–H groups in total. The topological polar surface area (TPSA) is 3.24 Å². The van der Waals surface area contributed by atoms with Crippen LogP contribution in [0.3, 0.4) is 0 Å². The van der Waals surface area contributed by atoms with Gasteiger partial charge in [-0.2, -0.15) is 0 Å². The van der Waals surface area contributed by atoms with Crippen LogP contribution in [-0.2, 0) is 12.8 Å². The molecule has 0 aliphatic carbocycles. The third kappa shape index (κ3) is 4.71. The molecule has 1 unspecified atom stereocenters. The third-order valence-corrected chi connectivity index (χ3v) is 6.78. The van der Waals surface area contributed by atoms with Gasteiger partial charge in [-0.3, -0.25) is 0 Å². The van der Waals surface area contributed by atoms with Crippen molar-refractivity contribution >= 4 is 0 Å². The second kappa shape index (κ2) is 9.37. The summed E-state index contributed by atoms with van der Waals surface area (Å²) in [5.74, 6) is 0.537. The molecule has 27 heavy (non-hydrogen) atoms. The molecule has 1 nitrogen and oxygen atoms in total. The molecule has 3 rings (SSSR count). The number of likely N-dealkylation sites (tertiary alicyclic amines) is 1. The van der Waals surface area contributed by atoms with Crippen LogP contribution in [0.15, 0.2) is 67.3 Å². The van der Waals surface area contributed by atoms with Crippen molar-refractivity contribution in [2.75, 3.05) is 19.6 Å². The van der Waals surface area contributed by atoms with Crippen LogP contribution in [0.2, 0.25) is 0 Å². The van der Waals surface area contributed by atoms with Crippen LogP contribution < -0.4 is 0 Å². The van der Waals surface area contributed by atoms with Crippen molar-refractivity contribution in [2.24, 2.45) is 5.41 Å². The molecule has 0 spiro atoms. The number of aryl methyl sites for hydroxylation is 2. The first-order chi connectivity index (χ1) is 13.2. The van der Waals surface area contributed by atoms with E-state index >= 15 is 0 Å². The lowest BCUT2D eigenvalue weighted by Gasteiger charge is -2.44. The molecule has 1 aliphatic rings. The highest BCUT2D eigenvalue weighted by Gasteiger charge is 2.37. The fraction of sp³-hybridized carbons (Fsp3) is 0.462. The molecule has 2 aromatic rings. The zero-order valence-corrected chi connectivity index (χ0v) is 17.2.